The third-order valence-corrected chi connectivity index (χ3v) is 4.33. The lowest BCUT2D eigenvalue weighted by Gasteiger charge is -2.19. The summed E-state index contributed by atoms with van der Waals surface area (Å²) >= 11 is 6.03. The molecule has 0 bridgehead atoms. The summed E-state index contributed by atoms with van der Waals surface area (Å²) in [5.41, 5.74) is 6.34. The van der Waals surface area contributed by atoms with Crippen LogP contribution in [0.4, 0.5) is 0 Å². The maximum atomic E-state index is 6.03. The van der Waals surface area contributed by atoms with Gasteiger partial charge in [-0.05, 0) is 39.9 Å². The van der Waals surface area contributed by atoms with Gasteiger partial charge >= 0.3 is 0 Å². The summed E-state index contributed by atoms with van der Waals surface area (Å²) in [6.07, 6.45) is 1.24. The molecule has 0 aliphatic heterocycles. The molecule has 0 saturated heterocycles. The number of allylic oxidation sites excluding steroid dienone is 1. The quantitative estimate of drug-likeness (QED) is 0.650. The van der Waals surface area contributed by atoms with Crippen LogP contribution < -0.4 is 0 Å². The summed E-state index contributed by atoms with van der Waals surface area (Å²) < 4.78 is 0. The topological polar surface area (TPSA) is 0 Å². The third kappa shape index (κ3) is 2.64. The second-order valence-corrected chi connectivity index (χ2v) is 7.36. The van der Waals surface area contributed by atoms with E-state index in [0.29, 0.717) is 11.3 Å². The van der Waals surface area contributed by atoms with Gasteiger partial charge in [0, 0.05) is 5.54 Å². The van der Waals surface area contributed by atoms with Crippen molar-refractivity contribution in [1.82, 2.24) is 0 Å². The zero-order valence-corrected chi connectivity index (χ0v) is 12.8. The molecule has 1 aromatic rings. The summed E-state index contributed by atoms with van der Waals surface area (Å²) in [7, 11) is 0. The van der Waals surface area contributed by atoms with Crippen LogP contribution in [-0.4, -0.2) is 0 Å². The van der Waals surface area contributed by atoms with Crippen molar-refractivity contribution in [2.75, 3.05) is 0 Å². The Morgan fingerprint density at radius 1 is 1.22 bits per heavy atom. The second-order valence-electron chi connectivity index (χ2n) is 7.14. The minimum atomic E-state index is 0.211. The fourth-order valence-corrected chi connectivity index (χ4v) is 2.78. The van der Waals surface area contributed by atoms with E-state index in [4.69, 9.17) is 11.6 Å². The van der Waals surface area contributed by atoms with Gasteiger partial charge < -0.3 is 0 Å². The van der Waals surface area contributed by atoms with Gasteiger partial charge in [0.25, 0.3) is 0 Å². The van der Waals surface area contributed by atoms with Crippen LogP contribution in [0.1, 0.15) is 52.2 Å². The number of hydrogen-bond acceptors (Lipinski definition) is 0. The molecule has 1 atom stereocenters. The Kier molecular flexibility index (Phi) is 3.36. The maximum Gasteiger partial charge on any atom is 0.00835 e. The smallest absolute Gasteiger partial charge is 0.00835 e. The predicted molar refractivity (Wildman–Crippen MR) is 80.9 cm³/mol. The van der Waals surface area contributed by atoms with Gasteiger partial charge in [0.1, 0.15) is 0 Å². The Morgan fingerprint density at radius 2 is 1.72 bits per heavy atom. The van der Waals surface area contributed by atoms with E-state index in [-0.39, 0.29) is 5.41 Å². The zero-order valence-electron chi connectivity index (χ0n) is 12.0. The molecule has 0 amide bonds. The van der Waals surface area contributed by atoms with Crippen molar-refractivity contribution in [3.63, 3.8) is 0 Å². The first-order valence-electron chi connectivity index (χ1n) is 6.67. The lowest BCUT2D eigenvalue weighted by Crippen LogP contribution is -2.10. The average molecular weight is 263 g/mol. The number of hydrogen-bond donors (Lipinski definition) is 0. The van der Waals surface area contributed by atoms with Gasteiger partial charge in [0.2, 0.25) is 0 Å². The van der Waals surface area contributed by atoms with Gasteiger partial charge in [0.05, 0.1) is 0 Å². The molecule has 1 aromatic carbocycles. The van der Waals surface area contributed by atoms with Gasteiger partial charge in [-0.25, -0.2) is 0 Å². The van der Waals surface area contributed by atoms with E-state index in [1.165, 1.54) is 23.1 Å². The molecule has 0 spiro atoms. The number of rotatable bonds is 2. The second kappa shape index (κ2) is 4.42. The summed E-state index contributed by atoms with van der Waals surface area (Å²) in [5.74, 6) is 0.621. The lowest BCUT2D eigenvalue weighted by atomic mass is 9.86. The highest BCUT2D eigenvalue weighted by atomic mass is 35.5. The van der Waals surface area contributed by atoms with Crippen molar-refractivity contribution in [1.29, 1.82) is 0 Å². The molecule has 0 aromatic heterocycles. The van der Waals surface area contributed by atoms with Crippen LogP contribution in [0.2, 0.25) is 0 Å². The van der Waals surface area contributed by atoms with Crippen molar-refractivity contribution in [3.8, 4) is 0 Å². The van der Waals surface area contributed by atoms with Crippen LogP contribution in [0.5, 0.6) is 0 Å². The highest BCUT2D eigenvalue weighted by Crippen LogP contribution is 2.58. The Morgan fingerprint density at radius 3 is 2.06 bits per heavy atom. The predicted octanol–water partition coefficient (Wildman–Crippen LogP) is 5.61. The Bertz CT molecular complexity index is 457. The zero-order chi connectivity index (χ0) is 13.6. The maximum absolute atomic E-state index is 6.03. The van der Waals surface area contributed by atoms with Crippen LogP contribution in [0, 0.1) is 11.3 Å². The van der Waals surface area contributed by atoms with Gasteiger partial charge in [-0.15, -0.1) is 0 Å². The largest absolute Gasteiger partial charge is 0.0926 e. The van der Waals surface area contributed by atoms with Crippen LogP contribution in [0.15, 0.2) is 29.8 Å². The monoisotopic (exact) mass is 262 g/mol. The molecule has 1 unspecified atom stereocenters. The molecule has 0 radical (unpaired) electrons. The van der Waals surface area contributed by atoms with Crippen LogP contribution in [-0.2, 0) is 5.41 Å². The van der Waals surface area contributed by atoms with E-state index in [9.17, 15) is 0 Å². The fraction of sp³-hybridized carbons (Fsp3) is 0.529. The summed E-state index contributed by atoms with van der Waals surface area (Å²) in [5, 5.41) is 0. The van der Waals surface area contributed by atoms with E-state index < -0.39 is 0 Å². The summed E-state index contributed by atoms with van der Waals surface area (Å²) in [4.78, 5) is 0. The average Bonchev–Trinajstić information content (AvgIpc) is 2.88. The van der Waals surface area contributed by atoms with Gasteiger partial charge in [-0.1, -0.05) is 70.5 Å². The standard InChI is InChI=1S/C17H23Cl/c1-16(2,3)13-8-6-12(7-9-13)14(11-18)15-10-17(15,4)5/h6-9,11,15H,10H2,1-5H3. The Balaban J connectivity index is 2.25. The van der Waals surface area contributed by atoms with Crippen molar-refractivity contribution < 1.29 is 0 Å². The van der Waals surface area contributed by atoms with E-state index in [1.54, 1.807) is 5.54 Å². The Labute approximate surface area is 116 Å². The number of halogens is 1. The third-order valence-electron chi connectivity index (χ3n) is 4.09. The van der Waals surface area contributed by atoms with Crippen LogP contribution in [0.3, 0.4) is 0 Å². The van der Waals surface area contributed by atoms with Crippen molar-refractivity contribution in [2.45, 2.75) is 46.5 Å². The van der Waals surface area contributed by atoms with Crippen LogP contribution >= 0.6 is 11.6 Å². The molecule has 1 heteroatoms. The van der Waals surface area contributed by atoms with Crippen molar-refractivity contribution in [3.05, 3.63) is 40.9 Å². The minimum absolute atomic E-state index is 0.211. The normalized spacial score (nSPS) is 23.0. The number of benzene rings is 1. The molecule has 0 N–H and O–H groups in total. The first-order chi connectivity index (χ1) is 8.25. The van der Waals surface area contributed by atoms with E-state index >= 15 is 0 Å². The molecule has 1 saturated carbocycles. The van der Waals surface area contributed by atoms with Crippen molar-refractivity contribution >= 4 is 17.2 Å². The summed E-state index contributed by atoms with van der Waals surface area (Å²) in [6, 6.07) is 8.88. The highest BCUT2D eigenvalue weighted by Gasteiger charge is 2.47. The minimum Gasteiger partial charge on any atom is -0.0926 e. The molecule has 98 valence electrons. The molecule has 1 fully saturated rings. The molecular weight excluding hydrogens is 240 g/mol. The van der Waals surface area contributed by atoms with Crippen LogP contribution in [0.25, 0.3) is 5.57 Å². The van der Waals surface area contributed by atoms with Gasteiger partial charge in [-0.3, -0.25) is 0 Å². The summed E-state index contributed by atoms with van der Waals surface area (Å²) in [6.45, 7) is 11.3. The molecule has 0 heterocycles. The molecule has 0 nitrogen and oxygen atoms in total. The molecule has 1 aliphatic carbocycles. The van der Waals surface area contributed by atoms with E-state index in [2.05, 4.69) is 58.9 Å². The first kappa shape index (κ1) is 13.7. The molecule has 18 heavy (non-hydrogen) atoms. The van der Waals surface area contributed by atoms with Gasteiger partial charge in [-0.2, -0.15) is 0 Å². The fourth-order valence-electron chi connectivity index (χ4n) is 2.50. The molecule has 2 rings (SSSR count). The molecule has 1 aliphatic rings. The van der Waals surface area contributed by atoms with E-state index in [0.717, 1.165) is 0 Å². The SMILES string of the molecule is CC(C)(C)c1ccc(C(=CCl)C2CC2(C)C)cc1. The molecular formula is C17H23Cl. The van der Waals surface area contributed by atoms with Crippen molar-refractivity contribution in [2.24, 2.45) is 11.3 Å². The Hall–Kier alpha value is -0.750. The van der Waals surface area contributed by atoms with E-state index in [1.807, 2.05) is 0 Å². The lowest BCUT2D eigenvalue weighted by molar-refractivity contribution is 0.590. The first-order valence-corrected chi connectivity index (χ1v) is 7.10. The van der Waals surface area contributed by atoms with Gasteiger partial charge in [0.15, 0.2) is 0 Å². The highest BCUT2D eigenvalue weighted by molar-refractivity contribution is 6.28.